The molecule has 0 unspecified atom stereocenters. The molecule has 3 nitrogen and oxygen atoms in total. The highest BCUT2D eigenvalue weighted by atomic mass is 32.2. The van der Waals surface area contributed by atoms with Crippen molar-refractivity contribution in [3.8, 4) is 5.75 Å². The summed E-state index contributed by atoms with van der Waals surface area (Å²) >= 11 is 1.59. The van der Waals surface area contributed by atoms with Gasteiger partial charge < -0.3 is 10.1 Å². The zero-order chi connectivity index (χ0) is 16.9. The molecule has 23 heavy (non-hydrogen) atoms. The van der Waals surface area contributed by atoms with Gasteiger partial charge in [-0.25, -0.2) is 0 Å². The first-order chi connectivity index (χ1) is 10.9. The number of carbonyl (C=O) groups is 1. The van der Waals surface area contributed by atoms with E-state index >= 15 is 0 Å². The molecule has 1 N–H and O–H groups in total. The normalized spacial score (nSPS) is 15.2. The van der Waals surface area contributed by atoms with Gasteiger partial charge in [0.15, 0.2) is 0 Å². The molecule has 4 heteroatoms. The van der Waals surface area contributed by atoms with Crippen molar-refractivity contribution in [2.75, 3.05) is 6.61 Å². The maximum absolute atomic E-state index is 12.2. The molecule has 0 saturated carbocycles. The van der Waals surface area contributed by atoms with Crippen LogP contribution in [0.1, 0.15) is 40.5 Å². The van der Waals surface area contributed by atoms with Gasteiger partial charge in [0.2, 0.25) is 5.91 Å². The van der Waals surface area contributed by atoms with Crippen molar-refractivity contribution >= 4 is 17.7 Å². The molecule has 124 valence electrons. The van der Waals surface area contributed by atoms with Crippen molar-refractivity contribution in [2.45, 2.75) is 40.5 Å². The maximum Gasteiger partial charge on any atom is 0.230 e. The highest BCUT2D eigenvalue weighted by molar-refractivity contribution is 8.05. The smallest absolute Gasteiger partial charge is 0.230 e. The summed E-state index contributed by atoms with van der Waals surface area (Å²) in [6.07, 6.45) is 1.78. The van der Waals surface area contributed by atoms with Gasteiger partial charge in [0.05, 0.1) is 5.03 Å². The van der Waals surface area contributed by atoms with Crippen LogP contribution in [-0.2, 0) is 4.79 Å². The molecule has 0 fully saturated rings. The fraction of sp³-hybridized carbons (Fsp3) is 0.421. The quantitative estimate of drug-likeness (QED) is 0.836. The fourth-order valence-corrected chi connectivity index (χ4v) is 3.06. The second-order valence-electron chi connectivity index (χ2n) is 6.66. The van der Waals surface area contributed by atoms with Crippen LogP contribution in [0.3, 0.4) is 0 Å². The topological polar surface area (TPSA) is 38.3 Å². The Morgan fingerprint density at radius 2 is 1.96 bits per heavy atom. The van der Waals surface area contributed by atoms with Crippen molar-refractivity contribution in [1.29, 1.82) is 0 Å². The van der Waals surface area contributed by atoms with E-state index in [0.717, 1.165) is 23.6 Å². The summed E-state index contributed by atoms with van der Waals surface area (Å²) in [4.78, 5) is 12.2. The van der Waals surface area contributed by atoms with E-state index in [1.807, 2.05) is 51.1 Å². The monoisotopic (exact) mass is 331 g/mol. The summed E-state index contributed by atoms with van der Waals surface area (Å²) in [6.45, 7) is 8.49. The molecule has 0 spiro atoms. The molecule has 2 rings (SSSR count). The molecule has 0 saturated heterocycles. The lowest BCUT2D eigenvalue weighted by atomic mass is 9.95. The minimum absolute atomic E-state index is 0.0586. The number of allylic oxidation sites excluding steroid dienone is 1. The minimum Gasteiger partial charge on any atom is -0.489 e. The second kappa shape index (κ2) is 7.73. The number of nitrogens with one attached hydrogen (secondary N) is 1. The third-order valence-corrected chi connectivity index (χ3v) is 4.69. The molecule has 0 atom stereocenters. The molecule has 1 aliphatic heterocycles. The van der Waals surface area contributed by atoms with Gasteiger partial charge in [0, 0.05) is 5.41 Å². The summed E-state index contributed by atoms with van der Waals surface area (Å²) in [5.41, 5.74) is 2.12. The predicted octanol–water partition coefficient (Wildman–Crippen LogP) is 4.87. The van der Waals surface area contributed by atoms with Crippen molar-refractivity contribution < 1.29 is 9.53 Å². The Kier molecular flexibility index (Phi) is 5.94. The number of hydrogen-bond acceptors (Lipinski definition) is 3. The molecule has 1 aromatic carbocycles. The van der Waals surface area contributed by atoms with Gasteiger partial charge in [-0.05, 0) is 41.5 Å². The lowest BCUT2D eigenvalue weighted by Crippen LogP contribution is -2.34. The second-order valence-corrected chi connectivity index (χ2v) is 7.54. The number of amides is 1. The number of rotatable bonds is 5. The average molecular weight is 331 g/mol. The number of para-hydroxylation sites is 1. The number of hydrogen-bond donors (Lipinski definition) is 1. The van der Waals surface area contributed by atoms with Gasteiger partial charge in [-0.15, -0.1) is 0 Å². The lowest BCUT2D eigenvalue weighted by Gasteiger charge is -2.24. The van der Waals surface area contributed by atoms with Crippen LogP contribution in [0.4, 0.5) is 0 Å². The van der Waals surface area contributed by atoms with Crippen molar-refractivity contribution in [2.24, 2.45) is 5.41 Å². The molecule has 0 aliphatic carbocycles. The van der Waals surface area contributed by atoms with Crippen LogP contribution in [0, 0.1) is 5.41 Å². The van der Waals surface area contributed by atoms with E-state index in [4.69, 9.17) is 4.74 Å². The van der Waals surface area contributed by atoms with Crippen LogP contribution >= 0.6 is 11.8 Å². The van der Waals surface area contributed by atoms with E-state index in [2.05, 4.69) is 17.6 Å². The Hall–Kier alpha value is -1.68. The van der Waals surface area contributed by atoms with Gasteiger partial charge >= 0.3 is 0 Å². The first kappa shape index (κ1) is 17.7. The van der Waals surface area contributed by atoms with E-state index in [1.54, 1.807) is 11.8 Å². The SMILES string of the molecule is CCC1=C(NC(=O)C(C)(C)C)SC=C(COc2ccccc2)C1. The Labute approximate surface area is 143 Å². The van der Waals surface area contributed by atoms with Gasteiger partial charge in [-0.3, -0.25) is 4.79 Å². The highest BCUT2D eigenvalue weighted by Crippen LogP contribution is 2.33. The van der Waals surface area contributed by atoms with Crippen molar-refractivity contribution in [1.82, 2.24) is 5.32 Å². The summed E-state index contributed by atoms with van der Waals surface area (Å²) in [5, 5.41) is 6.15. The molecule has 1 heterocycles. The van der Waals surface area contributed by atoms with Crippen molar-refractivity contribution in [3.63, 3.8) is 0 Å². The van der Waals surface area contributed by atoms with Crippen LogP contribution < -0.4 is 10.1 Å². The first-order valence-electron chi connectivity index (χ1n) is 7.96. The van der Waals surface area contributed by atoms with Gasteiger partial charge in [0.25, 0.3) is 0 Å². The zero-order valence-corrected chi connectivity index (χ0v) is 15.1. The molecular formula is C19H25NO2S. The number of carbonyl (C=O) groups excluding carboxylic acids is 1. The van der Waals surface area contributed by atoms with Gasteiger partial charge in [0.1, 0.15) is 12.4 Å². The Morgan fingerprint density at radius 3 is 2.57 bits per heavy atom. The minimum atomic E-state index is -0.382. The van der Waals surface area contributed by atoms with E-state index in [-0.39, 0.29) is 11.3 Å². The van der Waals surface area contributed by atoms with Crippen LogP contribution in [0.25, 0.3) is 0 Å². The molecule has 0 bridgehead atoms. The Bertz CT molecular complexity index is 612. The molecule has 1 aromatic rings. The standard InChI is InChI=1S/C19H25NO2S/c1-5-15-11-14(12-22-16-9-7-6-8-10-16)13-23-17(15)20-18(21)19(2,3)4/h6-10,13H,5,11-12H2,1-4H3,(H,20,21). The fourth-order valence-electron chi connectivity index (χ4n) is 2.09. The molecular weight excluding hydrogens is 306 g/mol. The van der Waals surface area contributed by atoms with Gasteiger partial charge in [-0.1, -0.05) is 57.7 Å². The molecule has 0 radical (unpaired) electrons. The average Bonchev–Trinajstić information content (AvgIpc) is 2.54. The van der Waals surface area contributed by atoms with Crippen LogP contribution in [0.2, 0.25) is 0 Å². The largest absolute Gasteiger partial charge is 0.489 e. The number of benzene rings is 1. The summed E-state index contributed by atoms with van der Waals surface area (Å²) in [6, 6.07) is 9.84. The van der Waals surface area contributed by atoms with Crippen LogP contribution in [-0.4, -0.2) is 12.5 Å². The zero-order valence-electron chi connectivity index (χ0n) is 14.3. The first-order valence-corrected chi connectivity index (χ1v) is 8.84. The Balaban J connectivity index is 1.96. The van der Waals surface area contributed by atoms with E-state index in [0.29, 0.717) is 6.61 Å². The van der Waals surface area contributed by atoms with E-state index in [9.17, 15) is 4.79 Å². The van der Waals surface area contributed by atoms with Crippen molar-refractivity contribution in [3.05, 3.63) is 51.9 Å². The number of ether oxygens (including phenoxy) is 1. The third-order valence-electron chi connectivity index (χ3n) is 3.61. The summed E-state index contributed by atoms with van der Waals surface area (Å²) in [5.74, 6) is 0.940. The van der Waals surface area contributed by atoms with Gasteiger partial charge in [-0.2, -0.15) is 0 Å². The summed E-state index contributed by atoms with van der Waals surface area (Å²) < 4.78 is 5.82. The molecule has 0 aromatic heterocycles. The van der Waals surface area contributed by atoms with Crippen LogP contribution in [0.15, 0.2) is 51.9 Å². The lowest BCUT2D eigenvalue weighted by molar-refractivity contribution is -0.127. The van der Waals surface area contributed by atoms with E-state index in [1.165, 1.54) is 11.1 Å². The predicted molar refractivity (Wildman–Crippen MR) is 97.1 cm³/mol. The summed E-state index contributed by atoms with van der Waals surface area (Å²) in [7, 11) is 0. The maximum atomic E-state index is 12.2. The highest BCUT2D eigenvalue weighted by Gasteiger charge is 2.24. The third kappa shape index (κ3) is 5.17. The molecule has 1 aliphatic rings. The van der Waals surface area contributed by atoms with E-state index < -0.39 is 0 Å². The number of thioether (sulfide) groups is 1. The Morgan fingerprint density at radius 1 is 1.26 bits per heavy atom. The molecule has 1 amide bonds. The van der Waals surface area contributed by atoms with Crippen LogP contribution in [0.5, 0.6) is 5.75 Å².